The van der Waals surface area contributed by atoms with Crippen molar-refractivity contribution in [2.45, 2.75) is 19.6 Å². The molecule has 0 aliphatic carbocycles. The number of hydrogen-bond donors (Lipinski definition) is 1. The van der Waals surface area contributed by atoms with E-state index in [0.29, 0.717) is 6.54 Å². The molecule has 0 bridgehead atoms. The third-order valence-electron chi connectivity index (χ3n) is 3.57. The van der Waals surface area contributed by atoms with E-state index in [4.69, 9.17) is 5.73 Å². The Hall–Kier alpha value is -1.75. The highest BCUT2D eigenvalue weighted by atomic mass is 32.1. The summed E-state index contributed by atoms with van der Waals surface area (Å²) in [5.74, 6) is 0. The molecule has 0 saturated carbocycles. The van der Waals surface area contributed by atoms with E-state index in [-0.39, 0.29) is 0 Å². The second kappa shape index (κ2) is 6.35. The minimum Gasteiger partial charge on any atom is -0.326 e. The van der Waals surface area contributed by atoms with Crippen LogP contribution in [0.25, 0.3) is 10.1 Å². The van der Waals surface area contributed by atoms with Gasteiger partial charge < -0.3 is 5.73 Å². The summed E-state index contributed by atoms with van der Waals surface area (Å²) in [6, 6.07) is 12.6. The number of fused-ring (bicyclic) bond motifs is 1. The van der Waals surface area contributed by atoms with Crippen molar-refractivity contribution in [3.8, 4) is 0 Å². The molecule has 2 N–H and O–H groups in total. The molecule has 3 nitrogen and oxygen atoms in total. The van der Waals surface area contributed by atoms with Crippen LogP contribution >= 0.6 is 11.3 Å². The van der Waals surface area contributed by atoms with Gasteiger partial charge in [0, 0.05) is 41.6 Å². The first kappa shape index (κ1) is 14.2. The van der Waals surface area contributed by atoms with E-state index in [1.807, 2.05) is 29.8 Å². The Morgan fingerprint density at radius 1 is 1.14 bits per heavy atom. The molecule has 1 aromatic carbocycles. The maximum Gasteiger partial charge on any atom is 0.0349 e. The molecule has 0 spiro atoms. The number of nitrogens with zero attached hydrogens (tertiary/aromatic N) is 2. The van der Waals surface area contributed by atoms with Gasteiger partial charge in [0.1, 0.15) is 0 Å². The molecule has 108 valence electrons. The number of pyridine rings is 1. The van der Waals surface area contributed by atoms with Gasteiger partial charge in [0.15, 0.2) is 0 Å². The number of benzene rings is 1. The van der Waals surface area contributed by atoms with E-state index in [1.165, 1.54) is 26.1 Å². The Kier molecular flexibility index (Phi) is 4.29. The largest absolute Gasteiger partial charge is 0.326 e. The molecular weight excluding hydrogens is 278 g/mol. The van der Waals surface area contributed by atoms with Gasteiger partial charge >= 0.3 is 0 Å². The van der Waals surface area contributed by atoms with Crippen molar-refractivity contribution in [1.82, 2.24) is 9.88 Å². The van der Waals surface area contributed by atoms with Crippen LogP contribution in [0.2, 0.25) is 0 Å². The maximum atomic E-state index is 5.92. The minimum absolute atomic E-state index is 0.607. The van der Waals surface area contributed by atoms with Crippen LogP contribution in [0.5, 0.6) is 0 Å². The predicted molar refractivity (Wildman–Crippen MR) is 89.1 cm³/mol. The molecular formula is C17H19N3S. The van der Waals surface area contributed by atoms with Crippen LogP contribution in [-0.4, -0.2) is 16.9 Å². The number of rotatable bonds is 5. The minimum atomic E-state index is 0.607. The Morgan fingerprint density at radius 2 is 2.00 bits per heavy atom. The topological polar surface area (TPSA) is 42.2 Å². The summed E-state index contributed by atoms with van der Waals surface area (Å²) >= 11 is 1.81. The summed E-state index contributed by atoms with van der Waals surface area (Å²) in [4.78, 5) is 7.77. The Balaban J connectivity index is 1.84. The third-order valence-corrected chi connectivity index (χ3v) is 4.81. The van der Waals surface area contributed by atoms with Crippen molar-refractivity contribution in [2.75, 3.05) is 7.05 Å². The molecule has 0 aliphatic rings. The lowest BCUT2D eigenvalue weighted by Crippen LogP contribution is -2.18. The summed E-state index contributed by atoms with van der Waals surface area (Å²) in [5, 5.41) is 1.33. The lowest BCUT2D eigenvalue weighted by molar-refractivity contribution is 0.319. The summed E-state index contributed by atoms with van der Waals surface area (Å²) in [5.41, 5.74) is 8.52. The molecule has 0 unspecified atom stereocenters. The Labute approximate surface area is 129 Å². The number of aromatic nitrogens is 1. The first-order valence-electron chi connectivity index (χ1n) is 7.04. The molecule has 21 heavy (non-hydrogen) atoms. The zero-order valence-corrected chi connectivity index (χ0v) is 12.9. The monoisotopic (exact) mass is 297 g/mol. The van der Waals surface area contributed by atoms with Crippen LogP contribution in [0, 0.1) is 0 Å². The van der Waals surface area contributed by atoms with Gasteiger partial charge in [-0.1, -0.05) is 24.3 Å². The highest BCUT2D eigenvalue weighted by Crippen LogP contribution is 2.31. The highest BCUT2D eigenvalue weighted by Gasteiger charge is 2.12. The Bertz CT molecular complexity index is 721. The van der Waals surface area contributed by atoms with Crippen molar-refractivity contribution in [1.29, 1.82) is 0 Å². The van der Waals surface area contributed by atoms with Crippen LogP contribution in [-0.2, 0) is 19.6 Å². The quantitative estimate of drug-likeness (QED) is 0.785. The second-order valence-electron chi connectivity index (χ2n) is 5.24. The van der Waals surface area contributed by atoms with E-state index >= 15 is 0 Å². The van der Waals surface area contributed by atoms with Crippen molar-refractivity contribution in [3.05, 3.63) is 64.8 Å². The van der Waals surface area contributed by atoms with Crippen LogP contribution in [0.3, 0.4) is 0 Å². The number of nitrogens with two attached hydrogens (primary N) is 1. The van der Waals surface area contributed by atoms with Gasteiger partial charge in [-0.3, -0.25) is 9.88 Å². The first-order chi connectivity index (χ1) is 10.3. The number of thiophene rings is 1. The average molecular weight is 297 g/mol. The molecule has 0 aliphatic heterocycles. The van der Waals surface area contributed by atoms with Gasteiger partial charge in [0.2, 0.25) is 0 Å². The van der Waals surface area contributed by atoms with Crippen molar-refractivity contribution < 1.29 is 0 Å². The first-order valence-corrected chi connectivity index (χ1v) is 7.86. The summed E-state index contributed by atoms with van der Waals surface area (Å²) in [6.07, 6.45) is 3.73. The summed E-state index contributed by atoms with van der Waals surface area (Å²) in [6.45, 7) is 2.41. The van der Waals surface area contributed by atoms with Gasteiger partial charge in [0.25, 0.3) is 0 Å². The third kappa shape index (κ3) is 3.13. The van der Waals surface area contributed by atoms with Crippen LogP contribution in [0.15, 0.2) is 48.8 Å². The molecule has 2 aromatic heterocycles. The van der Waals surface area contributed by atoms with E-state index < -0.39 is 0 Å². The molecule has 0 atom stereocenters. The van der Waals surface area contributed by atoms with Gasteiger partial charge in [-0.2, -0.15) is 0 Å². The standard InChI is InChI=1S/C17H19N3S/c1-20(11-13-5-4-8-19-10-13)12-15-14-6-2-3-7-16(14)21-17(15)9-18/h2-8,10H,9,11-12,18H2,1H3. The molecule has 2 heterocycles. The normalized spacial score (nSPS) is 11.4. The fourth-order valence-electron chi connectivity index (χ4n) is 2.62. The van der Waals surface area contributed by atoms with E-state index in [9.17, 15) is 0 Å². The van der Waals surface area contributed by atoms with Gasteiger partial charge in [-0.25, -0.2) is 0 Å². The highest BCUT2D eigenvalue weighted by molar-refractivity contribution is 7.19. The second-order valence-corrected chi connectivity index (χ2v) is 6.37. The van der Waals surface area contributed by atoms with E-state index in [1.54, 1.807) is 0 Å². The Morgan fingerprint density at radius 3 is 2.76 bits per heavy atom. The van der Waals surface area contributed by atoms with Crippen LogP contribution in [0.4, 0.5) is 0 Å². The summed E-state index contributed by atoms with van der Waals surface area (Å²) in [7, 11) is 2.14. The van der Waals surface area contributed by atoms with E-state index in [0.717, 1.165) is 13.1 Å². The average Bonchev–Trinajstić information content (AvgIpc) is 2.86. The molecule has 0 saturated heterocycles. The van der Waals surface area contributed by atoms with Gasteiger partial charge in [-0.15, -0.1) is 11.3 Å². The molecule has 4 heteroatoms. The fourth-order valence-corrected chi connectivity index (χ4v) is 3.71. The van der Waals surface area contributed by atoms with Crippen molar-refractivity contribution in [3.63, 3.8) is 0 Å². The molecule has 0 radical (unpaired) electrons. The number of hydrogen-bond acceptors (Lipinski definition) is 4. The van der Waals surface area contributed by atoms with Crippen LogP contribution < -0.4 is 5.73 Å². The predicted octanol–water partition coefficient (Wildman–Crippen LogP) is 3.39. The lowest BCUT2D eigenvalue weighted by Gasteiger charge is -2.17. The molecule has 0 amide bonds. The van der Waals surface area contributed by atoms with Crippen molar-refractivity contribution in [2.24, 2.45) is 5.73 Å². The SMILES string of the molecule is CN(Cc1cccnc1)Cc1c(CN)sc2ccccc12. The maximum absolute atomic E-state index is 5.92. The molecule has 0 fully saturated rings. The fraction of sp³-hybridized carbons (Fsp3) is 0.235. The van der Waals surface area contributed by atoms with E-state index in [2.05, 4.69) is 47.3 Å². The van der Waals surface area contributed by atoms with Crippen molar-refractivity contribution >= 4 is 21.4 Å². The van der Waals surface area contributed by atoms with Gasteiger partial charge in [0.05, 0.1) is 0 Å². The molecule has 3 aromatic rings. The zero-order chi connectivity index (χ0) is 14.7. The zero-order valence-electron chi connectivity index (χ0n) is 12.1. The smallest absolute Gasteiger partial charge is 0.0349 e. The molecule has 3 rings (SSSR count). The van der Waals surface area contributed by atoms with Crippen LogP contribution in [0.1, 0.15) is 16.0 Å². The lowest BCUT2D eigenvalue weighted by atomic mass is 10.1. The van der Waals surface area contributed by atoms with Gasteiger partial charge in [-0.05, 0) is 35.7 Å². The summed E-state index contributed by atoms with van der Waals surface area (Å²) < 4.78 is 1.32.